The highest BCUT2D eigenvalue weighted by atomic mass is 19.1. The summed E-state index contributed by atoms with van der Waals surface area (Å²) in [6.45, 7) is 0.941. The number of rotatable bonds is 4. The maximum Gasteiger partial charge on any atom is 0.258 e. The molecule has 3 rings (SSSR count). The molecule has 0 aliphatic carbocycles. The van der Waals surface area contributed by atoms with E-state index in [0.717, 1.165) is 5.56 Å². The molecule has 0 fully saturated rings. The molecular formula is C17H16FN3O2. The molecule has 0 spiro atoms. The number of aromatic hydroxyl groups is 1. The molecule has 0 bridgehead atoms. The van der Waals surface area contributed by atoms with Crippen molar-refractivity contribution in [1.82, 2.24) is 14.3 Å². The topological polar surface area (TPSA) is 57.8 Å². The Morgan fingerprint density at radius 1 is 1.22 bits per heavy atom. The molecule has 5 nitrogen and oxygen atoms in total. The van der Waals surface area contributed by atoms with Gasteiger partial charge in [-0.3, -0.25) is 14.1 Å². The Hall–Kier alpha value is -2.73. The van der Waals surface area contributed by atoms with E-state index in [9.17, 15) is 14.3 Å². The van der Waals surface area contributed by atoms with Crippen LogP contribution in [-0.4, -0.2) is 26.4 Å². The van der Waals surface area contributed by atoms with Crippen LogP contribution in [0.4, 0.5) is 4.39 Å². The fourth-order valence-electron chi connectivity index (χ4n) is 2.52. The fraction of sp³-hybridized carbons (Fsp3) is 0.176. The van der Waals surface area contributed by atoms with Gasteiger partial charge in [0.2, 0.25) is 0 Å². The third kappa shape index (κ3) is 3.37. The van der Waals surface area contributed by atoms with Gasteiger partial charge in [-0.25, -0.2) is 9.37 Å². The van der Waals surface area contributed by atoms with Gasteiger partial charge in [-0.05, 0) is 36.9 Å². The van der Waals surface area contributed by atoms with Crippen LogP contribution >= 0.6 is 0 Å². The van der Waals surface area contributed by atoms with Gasteiger partial charge >= 0.3 is 0 Å². The lowest BCUT2D eigenvalue weighted by atomic mass is 10.2. The van der Waals surface area contributed by atoms with Crippen LogP contribution in [0, 0.1) is 5.82 Å². The Bertz CT molecular complexity index is 908. The minimum Gasteiger partial charge on any atom is -0.504 e. The van der Waals surface area contributed by atoms with E-state index >= 15 is 0 Å². The van der Waals surface area contributed by atoms with Crippen LogP contribution in [0.5, 0.6) is 5.75 Å². The Labute approximate surface area is 132 Å². The molecule has 2 heterocycles. The zero-order valence-electron chi connectivity index (χ0n) is 12.6. The molecule has 0 aliphatic rings. The molecule has 0 radical (unpaired) electrons. The predicted octanol–water partition coefficient (Wildman–Crippen LogP) is 2.17. The Morgan fingerprint density at radius 3 is 2.83 bits per heavy atom. The van der Waals surface area contributed by atoms with E-state index in [0.29, 0.717) is 18.8 Å². The second-order valence-electron chi connectivity index (χ2n) is 5.47. The van der Waals surface area contributed by atoms with Gasteiger partial charge in [-0.2, -0.15) is 0 Å². The largest absolute Gasteiger partial charge is 0.504 e. The molecule has 0 saturated carbocycles. The molecule has 0 saturated heterocycles. The van der Waals surface area contributed by atoms with E-state index in [1.807, 2.05) is 18.0 Å². The van der Waals surface area contributed by atoms with Crippen LogP contribution in [0.2, 0.25) is 0 Å². The van der Waals surface area contributed by atoms with Crippen molar-refractivity contribution in [3.63, 3.8) is 0 Å². The van der Waals surface area contributed by atoms with E-state index in [1.54, 1.807) is 18.3 Å². The van der Waals surface area contributed by atoms with E-state index in [2.05, 4.69) is 4.98 Å². The highest BCUT2D eigenvalue weighted by molar-refractivity contribution is 5.52. The van der Waals surface area contributed by atoms with Crippen LogP contribution in [0.15, 0.2) is 53.5 Å². The Morgan fingerprint density at radius 2 is 2.04 bits per heavy atom. The van der Waals surface area contributed by atoms with Crippen LogP contribution in [-0.2, 0) is 13.1 Å². The molecule has 1 N–H and O–H groups in total. The number of pyridine rings is 1. The summed E-state index contributed by atoms with van der Waals surface area (Å²) >= 11 is 0. The molecule has 0 atom stereocenters. The number of fused-ring (bicyclic) bond motifs is 1. The molecule has 6 heteroatoms. The first kappa shape index (κ1) is 15.2. The van der Waals surface area contributed by atoms with Gasteiger partial charge in [0.25, 0.3) is 5.56 Å². The van der Waals surface area contributed by atoms with Gasteiger partial charge in [-0.15, -0.1) is 0 Å². The predicted molar refractivity (Wildman–Crippen MR) is 84.7 cm³/mol. The van der Waals surface area contributed by atoms with Crippen LogP contribution in [0.1, 0.15) is 11.3 Å². The van der Waals surface area contributed by atoms with Crippen LogP contribution < -0.4 is 5.56 Å². The zero-order valence-corrected chi connectivity index (χ0v) is 12.6. The van der Waals surface area contributed by atoms with Gasteiger partial charge in [0.15, 0.2) is 11.4 Å². The van der Waals surface area contributed by atoms with Crippen molar-refractivity contribution < 1.29 is 9.50 Å². The quantitative estimate of drug-likeness (QED) is 0.802. The fourth-order valence-corrected chi connectivity index (χ4v) is 2.52. The molecule has 0 amide bonds. The molecule has 1 aromatic carbocycles. The lowest BCUT2D eigenvalue weighted by Gasteiger charge is -2.16. The van der Waals surface area contributed by atoms with Gasteiger partial charge in [0.05, 0.1) is 5.69 Å². The van der Waals surface area contributed by atoms with Crippen molar-refractivity contribution in [3.05, 3.63) is 76.1 Å². The Kier molecular flexibility index (Phi) is 4.08. The molecular weight excluding hydrogens is 297 g/mol. The van der Waals surface area contributed by atoms with Crippen LogP contribution in [0.25, 0.3) is 5.65 Å². The third-order valence-corrected chi connectivity index (χ3v) is 3.50. The molecule has 2 aromatic heterocycles. The summed E-state index contributed by atoms with van der Waals surface area (Å²) in [4.78, 5) is 18.3. The standard InChI is InChI=1S/C17H16FN3O2/c1-20(10-12-4-2-5-13(18)8-12)11-14-9-16(23)21-7-3-6-15(22)17(21)19-14/h2-9,22H,10-11H2,1H3. The lowest BCUT2D eigenvalue weighted by molar-refractivity contribution is 0.314. The van der Waals surface area contributed by atoms with E-state index in [1.165, 1.54) is 28.7 Å². The molecule has 0 aliphatic heterocycles. The molecule has 118 valence electrons. The first-order valence-electron chi connectivity index (χ1n) is 7.16. The van der Waals surface area contributed by atoms with Crippen molar-refractivity contribution in [2.75, 3.05) is 7.05 Å². The second kappa shape index (κ2) is 6.18. The second-order valence-corrected chi connectivity index (χ2v) is 5.47. The van der Waals surface area contributed by atoms with Gasteiger partial charge in [0.1, 0.15) is 5.82 Å². The van der Waals surface area contributed by atoms with Crippen molar-refractivity contribution in [1.29, 1.82) is 0 Å². The summed E-state index contributed by atoms with van der Waals surface area (Å²) in [5, 5.41) is 9.84. The maximum absolute atomic E-state index is 13.2. The summed E-state index contributed by atoms with van der Waals surface area (Å²) in [6.07, 6.45) is 1.56. The highest BCUT2D eigenvalue weighted by Crippen LogP contribution is 2.14. The van der Waals surface area contributed by atoms with E-state index in [4.69, 9.17) is 0 Å². The van der Waals surface area contributed by atoms with E-state index in [-0.39, 0.29) is 22.8 Å². The number of aromatic nitrogens is 2. The summed E-state index contributed by atoms with van der Waals surface area (Å²) < 4.78 is 14.5. The average molecular weight is 313 g/mol. The monoisotopic (exact) mass is 313 g/mol. The van der Waals surface area contributed by atoms with Gasteiger partial charge < -0.3 is 5.11 Å². The minimum absolute atomic E-state index is 0.0424. The smallest absolute Gasteiger partial charge is 0.258 e. The average Bonchev–Trinajstić information content (AvgIpc) is 2.48. The first-order valence-corrected chi connectivity index (χ1v) is 7.16. The van der Waals surface area contributed by atoms with Gasteiger partial charge in [0, 0.05) is 25.4 Å². The third-order valence-electron chi connectivity index (χ3n) is 3.50. The lowest BCUT2D eigenvalue weighted by Crippen LogP contribution is -2.21. The number of hydrogen-bond acceptors (Lipinski definition) is 4. The maximum atomic E-state index is 13.2. The highest BCUT2D eigenvalue weighted by Gasteiger charge is 2.09. The van der Waals surface area contributed by atoms with Crippen LogP contribution in [0.3, 0.4) is 0 Å². The number of halogens is 1. The van der Waals surface area contributed by atoms with Gasteiger partial charge in [-0.1, -0.05) is 12.1 Å². The number of nitrogens with zero attached hydrogens (tertiary/aromatic N) is 3. The zero-order chi connectivity index (χ0) is 16.4. The summed E-state index contributed by atoms with van der Waals surface area (Å²) in [7, 11) is 1.86. The van der Waals surface area contributed by atoms with E-state index < -0.39 is 0 Å². The minimum atomic E-state index is -0.275. The van der Waals surface area contributed by atoms with Crippen molar-refractivity contribution in [2.45, 2.75) is 13.1 Å². The SMILES string of the molecule is CN(Cc1cccc(F)c1)Cc1cc(=O)n2cccc(O)c2n1. The molecule has 23 heavy (non-hydrogen) atoms. The van der Waals surface area contributed by atoms with Crippen molar-refractivity contribution >= 4 is 5.65 Å². The summed E-state index contributed by atoms with van der Waals surface area (Å²) in [5.41, 5.74) is 1.37. The molecule has 0 unspecified atom stereocenters. The molecule has 3 aromatic rings. The Balaban J connectivity index is 1.83. The normalized spacial score (nSPS) is 11.3. The number of hydrogen-bond donors (Lipinski definition) is 1. The summed E-state index contributed by atoms with van der Waals surface area (Å²) in [6, 6.07) is 10.9. The van der Waals surface area contributed by atoms with Crippen molar-refractivity contribution in [3.8, 4) is 5.75 Å². The van der Waals surface area contributed by atoms with Crippen molar-refractivity contribution in [2.24, 2.45) is 0 Å². The first-order chi connectivity index (χ1) is 11.0. The number of benzene rings is 1. The summed E-state index contributed by atoms with van der Waals surface area (Å²) in [5.74, 6) is -0.317.